The van der Waals surface area contributed by atoms with Crippen molar-refractivity contribution >= 4 is 40.5 Å². The molecule has 0 spiro atoms. The largest absolute Gasteiger partial charge is 0.390 e. The van der Waals surface area contributed by atoms with Gasteiger partial charge in [-0.25, -0.2) is 19.2 Å². The molecule has 3 rings (SSSR count). The lowest BCUT2D eigenvalue weighted by Crippen LogP contribution is -2.53. The average molecular weight is 521 g/mol. The highest BCUT2D eigenvalue weighted by molar-refractivity contribution is 6.31. The molecular weight excluding hydrogens is 494 g/mol. The molecule has 0 saturated carbocycles. The van der Waals surface area contributed by atoms with E-state index in [1.807, 2.05) is 0 Å². The molecule has 0 fully saturated rings. The van der Waals surface area contributed by atoms with Gasteiger partial charge >= 0.3 is 0 Å². The lowest BCUT2D eigenvalue weighted by atomic mass is 9.99. The van der Waals surface area contributed by atoms with Gasteiger partial charge in [-0.1, -0.05) is 29.8 Å². The molecule has 0 aliphatic rings. The highest BCUT2D eigenvalue weighted by Gasteiger charge is 2.29. The summed E-state index contributed by atoms with van der Waals surface area (Å²) in [5.41, 5.74) is 2.15. The molecule has 1 atom stereocenters. The highest BCUT2D eigenvalue weighted by atomic mass is 35.5. The third-order valence-electron chi connectivity index (χ3n) is 5.31. The fraction of sp³-hybridized carbons (Fsp3) is 0.320. The topological polar surface area (TPSA) is 95.0 Å². The third kappa shape index (κ3) is 7.17. The zero-order valence-electron chi connectivity index (χ0n) is 20.0. The third-order valence-corrected chi connectivity index (χ3v) is 5.73. The zero-order valence-corrected chi connectivity index (χ0v) is 20.8. The normalized spacial score (nSPS) is 12.4. The van der Waals surface area contributed by atoms with E-state index in [1.54, 1.807) is 32.0 Å². The van der Waals surface area contributed by atoms with Crippen molar-refractivity contribution in [1.82, 2.24) is 15.4 Å². The number of aromatic nitrogens is 1. The smallest absolute Gasteiger partial charge is 0.239 e. The number of aliphatic hydroxyl groups is 1. The Morgan fingerprint density at radius 2 is 2.00 bits per heavy atom. The predicted molar refractivity (Wildman–Crippen MR) is 132 cm³/mol. The first-order chi connectivity index (χ1) is 17.0. The van der Waals surface area contributed by atoms with Crippen LogP contribution >= 0.6 is 11.6 Å². The predicted octanol–water partition coefficient (Wildman–Crippen LogP) is 4.14. The Balaban J connectivity index is 1.79. The number of pyridine rings is 1. The number of amides is 2. The van der Waals surface area contributed by atoms with Crippen LogP contribution < -0.4 is 10.5 Å². The number of benzene rings is 2. The molecule has 0 bridgehead atoms. The van der Waals surface area contributed by atoms with Crippen molar-refractivity contribution in [1.29, 1.82) is 0 Å². The summed E-state index contributed by atoms with van der Waals surface area (Å²) in [6, 6.07) is 9.31. The molecule has 0 radical (unpaired) electrons. The van der Waals surface area contributed by atoms with E-state index >= 15 is 0 Å². The molecule has 0 saturated heterocycles. The van der Waals surface area contributed by atoms with E-state index in [0.717, 1.165) is 5.06 Å². The van der Waals surface area contributed by atoms with Crippen LogP contribution in [0.25, 0.3) is 10.8 Å². The molecule has 2 N–H and O–H groups in total. The number of rotatable bonds is 11. The van der Waals surface area contributed by atoms with Crippen LogP contribution in [0.3, 0.4) is 0 Å². The van der Waals surface area contributed by atoms with Crippen molar-refractivity contribution in [3.63, 3.8) is 0 Å². The zero-order chi connectivity index (χ0) is 26.5. The Bertz CT molecular complexity index is 1240. The number of nitrogens with zero attached hydrogens (tertiary/aromatic N) is 3. The minimum absolute atomic E-state index is 0.0265. The number of hydroxylamine groups is 1. The van der Waals surface area contributed by atoms with Crippen LogP contribution in [0.5, 0.6) is 0 Å². The number of hydrogen-bond acceptors (Lipinski definition) is 6. The van der Waals surface area contributed by atoms with E-state index < -0.39 is 29.2 Å². The molecule has 0 aliphatic heterocycles. The van der Waals surface area contributed by atoms with Gasteiger partial charge in [0.25, 0.3) is 0 Å². The molecule has 1 aromatic heterocycles. The fourth-order valence-electron chi connectivity index (χ4n) is 3.69. The van der Waals surface area contributed by atoms with Gasteiger partial charge < -0.3 is 5.11 Å². The summed E-state index contributed by atoms with van der Waals surface area (Å²) in [7, 11) is 0. The molecule has 3 aromatic rings. The van der Waals surface area contributed by atoms with Gasteiger partial charge in [0, 0.05) is 25.1 Å². The second-order valence-corrected chi connectivity index (χ2v) is 9.25. The average Bonchev–Trinajstić information content (AvgIpc) is 2.80. The van der Waals surface area contributed by atoms with Crippen molar-refractivity contribution in [3.8, 4) is 0 Å². The second-order valence-electron chi connectivity index (χ2n) is 8.87. The highest BCUT2D eigenvalue weighted by Crippen LogP contribution is 2.23. The molecule has 2 amide bonds. The molecule has 2 aromatic carbocycles. The van der Waals surface area contributed by atoms with Crippen LogP contribution in [0.2, 0.25) is 5.02 Å². The van der Waals surface area contributed by atoms with Crippen LogP contribution in [0.4, 0.5) is 14.6 Å². The number of halogens is 3. The van der Waals surface area contributed by atoms with Crippen LogP contribution in [-0.4, -0.2) is 45.7 Å². The molecular formula is C25H27ClF2N4O4. The van der Waals surface area contributed by atoms with Gasteiger partial charge in [-0.05, 0) is 55.5 Å². The summed E-state index contributed by atoms with van der Waals surface area (Å²) in [5, 5.41) is 13.7. The summed E-state index contributed by atoms with van der Waals surface area (Å²) < 4.78 is 27.3. The first-order valence-corrected chi connectivity index (χ1v) is 11.5. The van der Waals surface area contributed by atoms with E-state index in [0.29, 0.717) is 22.7 Å². The molecule has 0 unspecified atom stereocenters. The Morgan fingerprint density at radius 3 is 2.67 bits per heavy atom. The number of hydrazine groups is 1. The SMILES string of the molecule is CC(=O)N(NCc1cccc(F)c1Cl)[C@H](CON(C=O)c1cc2ccc(F)cc2cn1)CC(C)(C)O. The van der Waals surface area contributed by atoms with Crippen molar-refractivity contribution in [2.45, 2.75) is 45.4 Å². The number of carbonyl (C=O) groups is 2. The van der Waals surface area contributed by atoms with Gasteiger partial charge in [-0.15, -0.1) is 0 Å². The summed E-state index contributed by atoms with van der Waals surface area (Å²) in [5.74, 6) is -1.25. The number of carbonyl (C=O) groups excluding carboxylic acids is 2. The van der Waals surface area contributed by atoms with E-state index in [-0.39, 0.29) is 30.4 Å². The minimum atomic E-state index is -1.20. The van der Waals surface area contributed by atoms with Gasteiger partial charge in [-0.2, -0.15) is 5.06 Å². The summed E-state index contributed by atoms with van der Waals surface area (Å²) in [6.07, 6.45) is 1.90. The Labute approximate surface area is 212 Å². The Hall–Kier alpha value is -3.18. The Kier molecular flexibility index (Phi) is 8.91. The molecule has 0 aliphatic carbocycles. The number of fused-ring (bicyclic) bond motifs is 1. The maximum atomic E-state index is 13.8. The maximum absolute atomic E-state index is 13.8. The number of anilines is 1. The minimum Gasteiger partial charge on any atom is -0.390 e. The molecule has 11 heteroatoms. The van der Waals surface area contributed by atoms with E-state index in [1.165, 1.54) is 42.4 Å². The van der Waals surface area contributed by atoms with Crippen LogP contribution in [-0.2, 0) is 21.0 Å². The first-order valence-electron chi connectivity index (χ1n) is 11.1. The fourth-order valence-corrected chi connectivity index (χ4v) is 3.89. The standard InChI is InChI=1S/C25H27ClF2N4O4/c1-16(34)32(30-13-18-5-4-6-22(28)24(18)26)21(11-25(2,3)35)14-36-31(15-33)23-10-17-7-8-20(27)9-19(17)12-29-23/h4-10,12,15,21,30,35H,11,13-14H2,1-3H3/t21-/m0/s1. The molecule has 192 valence electrons. The Morgan fingerprint density at radius 1 is 1.25 bits per heavy atom. The maximum Gasteiger partial charge on any atom is 0.239 e. The van der Waals surface area contributed by atoms with Gasteiger partial charge in [0.05, 0.1) is 23.3 Å². The lowest BCUT2D eigenvalue weighted by molar-refractivity contribution is -0.139. The number of nitrogens with one attached hydrogen (secondary N) is 1. The monoisotopic (exact) mass is 520 g/mol. The summed E-state index contributed by atoms with van der Waals surface area (Å²) >= 11 is 6.03. The van der Waals surface area contributed by atoms with E-state index in [9.17, 15) is 23.5 Å². The van der Waals surface area contributed by atoms with Crippen molar-refractivity contribution in [2.24, 2.45) is 0 Å². The van der Waals surface area contributed by atoms with Crippen molar-refractivity contribution in [2.75, 3.05) is 11.7 Å². The second kappa shape index (κ2) is 11.7. The van der Waals surface area contributed by atoms with Gasteiger partial charge in [0.1, 0.15) is 11.6 Å². The summed E-state index contributed by atoms with van der Waals surface area (Å²) in [4.78, 5) is 34.1. The van der Waals surface area contributed by atoms with Gasteiger partial charge in [0.2, 0.25) is 12.3 Å². The van der Waals surface area contributed by atoms with Crippen LogP contribution in [0.1, 0.15) is 32.8 Å². The summed E-state index contributed by atoms with van der Waals surface area (Å²) in [6.45, 7) is 4.29. The molecule has 8 nitrogen and oxygen atoms in total. The van der Waals surface area contributed by atoms with Crippen molar-refractivity contribution < 1.29 is 28.3 Å². The van der Waals surface area contributed by atoms with Gasteiger partial charge in [0.15, 0.2) is 5.82 Å². The quantitative estimate of drug-likeness (QED) is 0.291. The first kappa shape index (κ1) is 27.4. The van der Waals surface area contributed by atoms with E-state index in [2.05, 4.69) is 10.4 Å². The van der Waals surface area contributed by atoms with E-state index in [4.69, 9.17) is 16.4 Å². The lowest BCUT2D eigenvalue weighted by Gasteiger charge is -2.35. The number of hydrogen-bond donors (Lipinski definition) is 2. The van der Waals surface area contributed by atoms with Crippen molar-refractivity contribution in [3.05, 3.63) is 70.9 Å². The molecule has 1 heterocycles. The van der Waals surface area contributed by atoms with Crippen LogP contribution in [0.15, 0.2) is 48.7 Å². The molecule has 36 heavy (non-hydrogen) atoms. The van der Waals surface area contributed by atoms with Gasteiger partial charge in [-0.3, -0.25) is 19.4 Å². The van der Waals surface area contributed by atoms with Crippen LogP contribution in [0, 0.1) is 11.6 Å².